The first-order valence-electron chi connectivity index (χ1n) is 7.88. The Hall–Kier alpha value is -2.87. The van der Waals surface area contributed by atoms with Gasteiger partial charge in [0.05, 0.1) is 17.0 Å². The fraction of sp³-hybridized carbons (Fsp3) is 0.222. The lowest BCUT2D eigenvalue weighted by Gasteiger charge is -2.11. The molecule has 0 atom stereocenters. The second-order valence-corrected chi connectivity index (χ2v) is 7.86. The molecule has 0 radical (unpaired) electrons. The maximum Gasteiger partial charge on any atom is 0.411 e. The number of nitrogens with one attached hydrogen (secondary N) is 2. The molecule has 7 nitrogen and oxygen atoms in total. The number of benzene rings is 2. The molecule has 0 unspecified atom stereocenters. The molecule has 0 saturated heterocycles. The van der Waals surface area contributed by atoms with E-state index in [-0.39, 0.29) is 29.5 Å². The Kier molecular flexibility index (Phi) is 6.74. The summed E-state index contributed by atoms with van der Waals surface area (Å²) in [6, 6.07) is 15.9. The molecule has 0 aliphatic rings. The van der Waals surface area contributed by atoms with Crippen molar-refractivity contribution in [1.82, 2.24) is 5.32 Å². The molecule has 0 aromatic heterocycles. The molecule has 2 rings (SSSR count). The molecule has 0 aliphatic carbocycles. The Morgan fingerprint density at radius 1 is 1.00 bits per heavy atom. The molecule has 26 heavy (non-hydrogen) atoms. The zero-order valence-electron chi connectivity index (χ0n) is 14.3. The van der Waals surface area contributed by atoms with Crippen molar-refractivity contribution < 1.29 is 22.7 Å². The third-order valence-corrected chi connectivity index (χ3v) is 4.30. The Labute approximate surface area is 152 Å². The SMILES string of the molecule is CS(=O)(=O)CCOC(=O)Nc1ccccc1C(=O)NCc1ccccc1. The highest BCUT2D eigenvalue weighted by molar-refractivity contribution is 7.90. The number of sulfone groups is 1. The van der Waals surface area contributed by atoms with E-state index in [0.29, 0.717) is 6.54 Å². The van der Waals surface area contributed by atoms with Crippen molar-refractivity contribution in [2.24, 2.45) is 0 Å². The molecule has 0 fully saturated rings. The van der Waals surface area contributed by atoms with Crippen molar-refractivity contribution in [3.8, 4) is 0 Å². The van der Waals surface area contributed by atoms with Crippen molar-refractivity contribution in [1.29, 1.82) is 0 Å². The maximum absolute atomic E-state index is 12.4. The summed E-state index contributed by atoms with van der Waals surface area (Å²) in [5, 5.41) is 5.24. The minimum Gasteiger partial charge on any atom is -0.448 e. The Balaban J connectivity index is 1.95. The quantitative estimate of drug-likeness (QED) is 0.771. The van der Waals surface area contributed by atoms with Crippen LogP contribution in [0, 0.1) is 0 Å². The van der Waals surface area contributed by atoms with Gasteiger partial charge in [-0.2, -0.15) is 0 Å². The Morgan fingerprint density at radius 2 is 1.65 bits per heavy atom. The number of hydrogen-bond donors (Lipinski definition) is 2. The molecule has 0 bridgehead atoms. The van der Waals surface area contributed by atoms with Gasteiger partial charge in [0.25, 0.3) is 5.91 Å². The number of carbonyl (C=O) groups is 2. The molecule has 0 heterocycles. The second-order valence-electron chi connectivity index (χ2n) is 5.60. The van der Waals surface area contributed by atoms with Crippen LogP contribution in [0.3, 0.4) is 0 Å². The van der Waals surface area contributed by atoms with Crippen LogP contribution in [0.25, 0.3) is 0 Å². The fourth-order valence-corrected chi connectivity index (χ4v) is 2.48. The lowest BCUT2D eigenvalue weighted by atomic mass is 10.1. The van der Waals surface area contributed by atoms with Crippen molar-refractivity contribution >= 4 is 27.5 Å². The first-order chi connectivity index (χ1) is 12.3. The van der Waals surface area contributed by atoms with Crippen molar-refractivity contribution in [3.63, 3.8) is 0 Å². The smallest absolute Gasteiger partial charge is 0.411 e. The highest BCUT2D eigenvalue weighted by atomic mass is 32.2. The Morgan fingerprint density at radius 3 is 2.35 bits per heavy atom. The van der Waals surface area contributed by atoms with E-state index in [1.54, 1.807) is 24.3 Å². The summed E-state index contributed by atoms with van der Waals surface area (Å²) < 4.78 is 26.9. The zero-order valence-corrected chi connectivity index (χ0v) is 15.1. The first kappa shape index (κ1) is 19.5. The van der Waals surface area contributed by atoms with Gasteiger partial charge in [-0.15, -0.1) is 0 Å². The monoisotopic (exact) mass is 376 g/mol. The third-order valence-electron chi connectivity index (χ3n) is 3.39. The van der Waals surface area contributed by atoms with Crippen LogP contribution in [0.5, 0.6) is 0 Å². The fourth-order valence-electron chi connectivity index (χ4n) is 2.10. The number of rotatable bonds is 7. The topological polar surface area (TPSA) is 102 Å². The average molecular weight is 376 g/mol. The summed E-state index contributed by atoms with van der Waals surface area (Å²) >= 11 is 0. The van der Waals surface area contributed by atoms with E-state index in [1.165, 1.54) is 0 Å². The summed E-state index contributed by atoms with van der Waals surface area (Å²) in [6.45, 7) is 0.0971. The van der Waals surface area contributed by atoms with Gasteiger partial charge in [-0.25, -0.2) is 13.2 Å². The molecule has 2 N–H and O–H groups in total. The van der Waals surface area contributed by atoms with Gasteiger partial charge in [-0.05, 0) is 17.7 Å². The molecular formula is C18H20N2O5S. The van der Waals surface area contributed by atoms with Gasteiger partial charge < -0.3 is 10.1 Å². The van der Waals surface area contributed by atoms with Gasteiger partial charge in [-0.1, -0.05) is 42.5 Å². The average Bonchev–Trinajstić information content (AvgIpc) is 2.60. The van der Waals surface area contributed by atoms with Crippen molar-refractivity contribution in [2.75, 3.05) is 23.9 Å². The van der Waals surface area contributed by atoms with Crippen LogP contribution in [-0.2, 0) is 21.1 Å². The van der Waals surface area contributed by atoms with Crippen LogP contribution in [0.4, 0.5) is 10.5 Å². The van der Waals surface area contributed by atoms with Crippen LogP contribution in [0.15, 0.2) is 54.6 Å². The summed E-state index contributed by atoms with van der Waals surface area (Å²) in [7, 11) is -3.22. The van der Waals surface area contributed by atoms with Gasteiger partial charge in [-0.3, -0.25) is 10.1 Å². The predicted octanol–water partition coefficient (Wildman–Crippen LogP) is 2.21. The van der Waals surface area contributed by atoms with Crippen LogP contribution in [-0.4, -0.2) is 39.0 Å². The van der Waals surface area contributed by atoms with Gasteiger partial charge in [0.15, 0.2) is 9.84 Å². The van der Waals surface area contributed by atoms with Gasteiger partial charge in [0.1, 0.15) is 6.61 Å². The van der Waals surface area contributed by atoms with Crippen LogP contribution in [0.1, 0.15) is 15.9 Å². The lowest BCUT2D eigenvalue weighted by molar-refractivity contribution is 0.0951. The first-order valence-corrected chi connectivity index (χ1v) is 9.94. The number of hydrogen-bond acceptors (Lipinski definition) is 5. The van der Waals surface area contributed by atoms with Crippen molar-refractivity contribution in [2.45, 2.75) is 6.54 Å². The van der Waals surface area contributed by atoms with Crippen LogP contribution < -0.4 is 10.6 Å². The minimum absolute atomic E-state index is 0.257. The number of ether oxygens (including phenoxy) is 1. The van der Waals surface area contributed by atoms with E-state index >= 15 is 0 Å². The van der Waals surface area contributed by atoms with Crippen LogP contribution >= 0.6 is 0 Å². The summed E-state index contributed by atoms with van der Waals surface area (Å²) in [6.07, 6.45) is 0.234. The molecule has 0 aliphatic heterocycles. The Bertz CT molecular complexity index is 866. The van der Waals surface area contributed by atoms with Gasteiger partial charge >= 0.3 is 6.09 Å². The molecule has 0 spiro atoms. The maximum atomic E-state index is 12.4. The zero-order chi connectivity index (χ0) is 19.0. The molecule has 2 aromatic carbocycles. The summed E-state index contributed by atoms with van der Waals surface area (Å²) in [5.74, 6) is -0.611. The van der Waals surface area contributed by atoms with E-state index < -0.39 is 15.9 Å². The van der Waals surface area contributed by atoms with Gasteiger partial charge in [0, 0.05) is 12.8 Å². The third kappa shape index (κ3) is 6.56. The number of amides is 2. The molecular weight excluding hydrogens is 356 g/mol. The number of para-hydroxylation sites is 1. The molecule has 8 heteroatoms. The number of anilines is 1. The molecule has 2 aromatic rings. The molecule has 2 amide bonds. The highest BCUT2D eigenvalue weighted by Gasteiger charge is 2.14. The normalized spacial score (nSPS) is 10.8. The second kappa shape index (κ2) is 9.00. The van der Waals surface area contributed by atoms with E-state index in [1.807, 2.05) is 30.3 Å². The van der Waals surface area contributed by atoms with Gasteiger partial charge in [0.2, 0.25) is 0 Å². The largest absolute Gasteiger partial charge is 0.448 e. The minimum atomic E-state index is -3.22. The predicted molar refractivity (Wildman–Crippen MR) is 98.7 cm³/mol. The summed E-state index contributed by atoms with van der Waals surface area (Å²) in [5.41, 5.74) is 1.51. The van der Waals surface area contributed by atoms with E-state index in [2.05, 4.69) is 10.6 Å². The van der Waals surface area contributed by atoms with E-state index in [9.17, 15) is 18.0 Å². The van der Waals surface area contributed by atoms with E-state index in [4.69, 9.17) is 4.74 Å². The molecule has 138 valence electrons. The van der Waals surface area contributed by atoms with E-state index in [0.717, 1.165) is 11.8 Å². The lowest BCUT2D eigenvalue weighted by Crippen LogP contribution is -2.25. The van der Waals surface area contributed by atoms with Crippen molar-refractivity contribution in [3.05, 3.63) is 65.7 Å². The van der Waals surface area contributed by atoms with Crippen LogP contribution in [0.2, 0.25) is 0 Å². The number of carbonyl (C=O) groups excluding carboxylic acids is 2. The molecule has 0 saturated carbocycles. The summed E-state index contributed by atoms with van der Waals surface area (Å²) in [4.78, 5) is 24.2. The standard InChI is InChI=1S/C18H20N2O5S/c1-26(23,24)12-11-25-18(22)20-16-10-6-5-9-15(16)17(21)19-13-14-7-3-2-4-8-14/h2-10H,11-13H2,1H3,(H,19,21)(H,20,22). The highest BCUT2D eigenvalue weighted by Crippen LogP contribution is 2.15.